The van der Waals surface area contributed by atoms with Crippen LogP contribution in [0.1, 0.15) is 59.6 Å². The Balaban J connectivity index is 3.38. The van der Waals surface area contributed by atoms with Gasteiger partial charge in [0.1, 0.15) is 0 Å². The predicted octanol–water partition coefficient (Wildman–Crippen LogP) is 5.99. The van der Waals surface area contributed by atoms with Crippen LogP contribution >= 0.6 is 0 Å². The van der Waals surface area contributed by atoms with Crippen molar-refractivity contribution in [3.8, 4) is 0 Å². The van der Waals surface area contributed by atoms with Gasteiger partial charge in [-0.25, -0.2) is 0 Å². The van der Waals surface area contributed by atoms with E-state index < -0.39 is 0 Å². The zero-order valence-electron chi connectivity index (χ0n) is 14.4. The van der Waals surface area contributed by atoms with E-state index >= 15 is 0 Å². The molecule has 0 saturated heterocycles. The highest BCUT2D eigenvalue weighted by Gasteiger charge is 2.21. The van der Waals surface area contributed by atoms with Crippen LogP contribution in [0.5, 0.6) is 0 Å². The van der Waals surface area contributed by atoms with Crippen molar-refractivity contribution in [2.45, 2.75) is 60.8 Å². The normalized spacial score (nSPS) is 13.5. The quantitative estimate of drug-likeness (QED) is 0.586. The van der Waals surface area contributed by atoms with Crippen LogP contribution in [0.3, 0.4) is 0 Å². The summed E-state index contributed by atoms with van der Waals surface area (Å²) in [6, 6.07) is 6.42. The molecule has 0 bridgehead atoms. The van der Waals surface area contributed by atoms with Crippen LogP contribution in [0, 0.1) is 12.3 Å². The molecular weight excluding hydrogens is 242 g/mol. The first-order valence-electron chi connectivity index (χ1n) is 7.29. The van der Waals surface area contributed by atoms with Crippen LogP contribution in [0.4, 0.5) is 5.69 Å². The molecule has 1 nitrogen and oxygen atoms in total. The summed E-state index contributed by atoms with van der Waals surface area (Å²) in [5.74, 6) is 0. The van der Waals surface area contributed by atoms with Crippen LogP contribution < -0.4 is 0 Å². The van der Waals surface area contributed by atoms with Crippen LogP contribution in [0.25, 0.3) is 0 Å². The van der Waals surface area contributed by atoms with Gasteiger partial charge in [0.25, 0.3) is 0 Å². The second-order valence-electron chi connectivity index (χ2n) is 7.65. The summed E-state index contributed by atoms with van der Waals surface area (Å²) >= 11 is 0. The maximum absolute atomic E-state index is 4.91. The first kappa shape index (κ1) is 16.7. The minimum Gasteiger partial charge on any atom is -0.253 e. The maximum atomic E-state index is 4.91. The van der Waals surface area contributed by atoms with E-state index in [1.54, 1.807) is 0 Å². The summed E-state index contributed by atoms with van der Waals surface area (Å²) in [6.45, 7) is 21.6. The predicted molar refractivity (Wildman–Crippen MR) is 91.2 cm³/mol. The Kier molecular flexibility index (Phi) is 4.63. The molecule has 0 aliphatic heterocycles. The largest absolute Gasteiger partial charge is 0.253 e. The van der Waals surface area contributed by atoms with Crippen molar-refractivity contribution in [1.29, 1.82) is 0 Å². The number of nitrogens with zero attached hydrogens (tertiary/aromatic N) is 1. The molecule has 0 spiro atoms. The van der Waals surface area contributed by atoms with Crippen molar-refractivity contribution >= 4 is 11.4 Å². The summed E-state index contributed by atoms with van der Waals surface area (Å²) in [7, 11) is 0. The van der Waals surface area contributed by atoms with Gasteiger partial charge < -0.3 is 0 Å². The highest BCUT2D eigenvalue weighted by molar-refractivity contribution is 6.00. The summed E-state index contributed by atoms with van der Waals surface area (Å²) in [4.78, 5) is 4.91. The Morgan fingerprint density at radius 3 is 2.05 bits per heavy atom. The Hall–Kier alpha value is -1.37. The van der Waals surface area contributed by atoms with E-state index in [2.05, 4.69) is 80.2 Å². The average Bonchev–Trinajstić information content (AvgIpc) is 2.27. The van der Waals surface area contributed by atoms with E-state index in [0.29, 0.717) is 0 Å². The minimum absolute atomic E-state index is 0.0537. The van der Waals surface area contributed by atoms with Crippen molar-refractivity contribution in [2.75, 3.05) is 0 Å². The number of hydrogen-bond donors (Lipinski definition) is 0. The van der Waals surface area contributed by atoms with E-state index in [-0.39, 0.29) is 10.8 Å². The number of aliphatic imine (C=N–C) groups is 1. The molecule has 0 atom stereocenters. The van der Waals surface area contributed by atoms with Crippen LogP contribution in [0.15, 0.2) is 35.3 Å². The lowest BCUT2D eigenvalue weighted by Gasteiger charge is -2.25. The third kappa shape index (κ3) is 3.82. The molecule has 1 aromatic rings. The molecule has 110 valence electrons. The minimum atomic E-state index is 0.0537. The highest BCUT2D eigenvalue weighted by atomic mass is 14.8. The maximum Gasteiger partial charge on any atom is 0.0699 e. The lowest BCUT2D eigenvalue weighted by atomic mass is 9.83. The van der Waals surface area contributed by atoms with Crippen molar-refractivity contribution in [3.63, 3.8) is 0 Å². The number of aryl methyl sites for hydroxylation is 1. The molecule has 0 aliphatic rings. The number of allylic oxidation sites excluding steroid dienone is 1. The Morgan fingerprint density at radius 1 is 1.05 bits per heavy atom. The molecule has 1 heteroatoms. The molecule has 0 fully saturated rings. The van der Waals surface area contributed by atoms with Gasteiger partial charge >= 0.3 is 0 Å². The van der Waals surface area contributed by atoms with Gasteiger partial charge in [-0.1, -0.05) is 66.3 Å². The summed E-state index contributed by atoms with van der Waals surface area (Å²) in [6.07, 6.45) is 0. The van der Waals surface area contributed by atoms with Gasteiger partial charge in [-0.2, -0.15) is 0 Å². The molecule has 0 radical (unpaired) electrons. The third-order valence-corrected chi connectivity index (χ3v) is 3.67. The summed E-state index contributed by atoms with van der Waals surface area (Å²) in [5.41, 5.74) is 5.88. The number of hydrogen-bond acceptors (Lipinski definition) is 1. The van der Waals surface area contributed by atoms with Gasteiger partial charge in [-0.15, -0.1) is 0 Å². The molecule has 20 heavy (non-hydrogen) atoms. The zero-order chi connectivity index (χ0) is 15.7. The molecule has 0 unspecified atom stereocenters. The third-order valence-electron chi connectivity index (χ3n) is 3.67. The standard InChI is InChI=1S/C19H29N/c1-13-11-10-12-16(19(7,8)9)17(13)20-15(3)14(2)18(4,5)6/h10-12H,2H2,1,3-9H3. The molecule has 1 aromatic carbocycles. The van der Waals surface area contributed by atoms with E-state index in [0.717, 1.165) is 17.0 Å². The Bertz CT molecular complexity index is 534. The summed E-state index contributed by atoms with van der Waals surface area (Å²) < 4.78 is 0. The monoisotopic (exact) mass is 271 g/mol. The lowest BCUT2D eigenvalue weighted by Crippen LogP contribution is -2.15. The molecule has 0 saturated carbocycles. The number of rotatable bonds is 2. The average molecular weight is 271 g/mol. The SMILES string of the molecule is C=C(C(C)=Nc1c(C)cccc1C(C)(C)C)C(C)(C)C. The molecule has 1 rings (SSSR count). The molecule has 0 aliphatic carbocycles. The van der Waals surface area contributed by atoms with Crippen molar-refractivity contribution in [3.05, 3.63) is 41.5 Å². The van der Waals surface area contributed by atoms with E-state index in [1.165, 1.54) is 11.1 Å². The van der Waals surface area contributed by atoms with Gasteiger partial charge in [0.05, 0.1) is 5.69 Å². The smallest absolute Gasteiger partial charge is 0.0699 e. The highest BCUT2D eigenvalue weighted by Crippen LogP contribution is 2.35. The van der Waals surface area contributed by atoms with Crippen LogP contribution in [-0.4, -0.2) is 5.71 Å². The summed E-state index contributed by atoms with van der Waals surface area (Å²) in [5, 5.41) is 0. The second kappa shape index (κ2) is 5.55. The van der Waals surface area contributed by atoms with E-state index in [9.17, 15) is 0 Å². The van der Waals surface area contributed by atoms with Gasteiger partial charge in [0.2, 0.25) is 0 Å². The second-order valence-corrected chi connectivity index (χ2v) is 7.65. The molecule has 0 aromatic heterocycles. The van der Waals surface area contributed by atoms with Gasteiger partial charge in [0, 0.05) is 5.71 Å². The topological polar surface area (TPSA) is 12.4 Å². The fourth-order valence-electron chi connectivity index (χ4n) is 2.19. The molecular formula is C19H29N. The van der Waals surface area contributed by atoms with Gasteiger partial charge in [-0.05, 0) is 41.4 Å². The first-order chi connectivity index (χ1) is 8.94. The van der Waals surface area contributed by atoms with Crippen molar-refractivity contribution in [2.24, 2.45) is 10.4 Å². The number of para-hydroxylation sites is 1. The fourth-order valence-corrected chi connectivity index (χ4v) is 2.19. The van der Waals surface area contributed by atoms with Gasteiger partial charge in [-0.3, -0.25) is 4.99 Å². The van der Waals surface area contributed by atoms with Crippen molar-refractivity contribution in [1.82, 2.24) is 0 Å². The Labute approximate surface area is 124 Å². The number of benzene rings is 1. The van der Waals surface area contributed by atoms with E-state index in [4.69, 9.17) is 4.99 Å². The Morgan fingerprint density at radius 2 is 1.60 bits per heavy atom. The van der Waals surface area contributed by atoms with E-state index in [1.807, 2.05) is 0 Å². The van der Waals surface area contributed by atoms with Crippen LogP contribution in [0.2, 0.25) is 0 Å². The molecule has 0 amide bonds. The molecule has 0 N–H and O–H groups in total. The lowest BCUT2D eigenvalue weighted by molar-refractivity contribution is 0.526. The molecule has 0 heterocycles. The zero-order valence-corrected chi connectivity index (χ0v) is 14.4. The first-order valence-corrected chi connectivity index (χ1v) is 7.29. The van der Waals surface area contributed by atoms with Crippen LogP contribution in [-0.2, 0) is 5.41 Å². The fraction of sp³-hybridized carbons (Fsp3) is 0.526. The van der Waals surface area contributed by atoms with Gasteiger partial charge in [0.15, 0.2) is 0 Å². The van der Waals surface area contributed by atoms with Crippen molar-refractivity contribution < 1.29 is 0 Å².